The lowest BCUT2D eigenvalue weighted by Gasteiger charge is -2.42. The van der Waals surface area contributed by atoms with Crippen LogP contribution < -0.4 is 0 Å². The zero-order chi connectivity index (χ0) is 21.3. The van der Waals surface area contributed by atoms with Gasteiger partial charge >= 0.3 is 0 Å². The van der Waals surface area contributed by atoms with Crippen LogP contribution in [-0.4, -0.2) is 32.7 Å². The maximum absolute atomic E-state index is 12.6. The van der Waals surface area contributed by atoms with Gasteiger partial charge in [0.1, 0.15) is 0 Å². The summed E-state index contributed by atoms with van der Waals surface area (Å²) in [5.41, 5.74) is 6.67. The first-order valence-corrected chi connectivity index (χ1v) is 12.1. The number of aryl methyl sites for hydroxylation is 2. The molecule has 0 unspecified atom stereocenters. The van der Waals surface area contributed by atoms with E-state index in [9.17, 15) is 8.42 Å². The van der Waals surface area contributed by atoms with E-state index >= 15 is 0 Å². The van der Waals surface area contributed by atoms with Gasteiger partial charge in [0.25, 0.3) is 0 Å². The van der Waals surface area contributed by atoms with Crippen LogP contribution in [0.4, 0.5) is 0 Å². The van der Waals surface area contributed by atoms with Crippen molar-refractivity contribution in [2.45, 2.75) is 19.9 Å². The van der Waals surface area contributed by atoms with Crippen LogP contribution in [0.15, 0.2) is 84.4 Å². The molecule has 0 aliphatic carbocycles. The highest BCUT2D eigenvalue weighted by Crippen LogP contribution is 2.38. The highest BCUT2D eigenvalue weighted by molar-refractivity contribution is 8.00. The van der Waals surface area contributed by atoms with Crippen molar-refractivity contribution in [3.63, 3.8) is 0 Å². The summed E-state index contributed by atoms with van der Waals surface area (Å²) in [7, 11) is -3.31. The molecule has 4 rings (SSSR count). The second-order valence-corrected chi connectivity index (χ2v) is 10.2. The quantitative estimate of drug-likeness (QED) is 0.575. The van der Waals surface area contributed by atoms with Crippen LogP contribution in [-0.2, 0) is 9.84 Å². The minimum atomic E-state index is -3.31. The molecule has 4 heteroatoms. The summed E-state index contributed by atoms with van der Waals surface area (Å²) < 4.78 is 25.2. The zero-order valence-corrected chi connectivity index (χ0v) is 18.5. The second kappa shape index (κ2) is 8.21. The molecule has 0 amide bonds. The van der Waals surface area contributed by atoms with E-state index in [1.165, 1.54) is 28.5 Å². The summed E-state index contributed by atoms with van der Waals surface area (Å²) in [5, 5.41) is 0. The molecular formula is C26H27NO2S. The zero-order valence-electron chi connectivity index (χ0n) is 17.7. The van der Waals surface area contributed by atoms with E-state index in [1.54, 1.807) is 0 Å². The van der Waals surface area contributed by atoms with Crippen molar-refractivity contribution in [1.29, 1.82) is 0 Å². The Morgan fingerprint density at radius 1 is 0.767 bits per heavy atom. The predicted octanol–water partition coefficient (Wildman–Crippen LogP) is 5.16. The summed E-state index contributed by atoms with van der Waals surface area (Å²) in [6, 6.07) is 26.8. The van der Waals surface area contributed by atoms with Crippen molar-refractivity contribution in [2.75, 3.05) is 19.3 Å². The number of hydrogen-bond donors (Lipinski definition) is 0. The molecule has 1 heterocycles. The van der Waals surface area contributed by atoms with E-state index in [0.29, 0.717) is 18.0 Å². The van der Waals surface area contributed by atoms with Gasteiger partial charge in [-0.3, -0.25) is 4.90 Å². The van der Waals surface area contributed by atoms with Gasteiger partial charge in [-0.15, -0.1) is 0 Å². The summed E-state index contributed by atoms with van der Waals surface area (Å²) >= 11 is 0. The standard InChI is InChI=1S/C26H27NO2S/c1-19-9-13-21(14-10-19)25(22-15-11-20(2)12-16-22)27-17-24(18-27)26(30(3,28)29)23-7-5-4-6-8-23/h4-16,25H,17-18H2,1-3H3. The van der Waals surface area contributed by atoms with Crippen LogP contribution in [0.1, 0.15) is 33.9 Å². The van der Waals surface area contributed by atoms with E-state index in [2.05, 4.69) is 67.3 Å². The van der Waals surface area contributed by atoms with E-state index in [4.69, 9.17) is 0 Å². The molecule has 0 atom stereocenters. The van der Waals surface area contributed by atoms with Crippen LogP contribution >= 0.6 is 0 Å². The summed E-state index contributed by atoms with van der Waals surface area (Å²) in [6.45, 7) is 5.47. The van der Waals surface area contributed by atoms with Crippen molar-refractivity contribution in [3.8, 4) is 0 Å². The Morgan fingerprint density at radius 2 is 1.23 bits per heavy atom. The molecule has 1 saturated heterocycles. The van der Waals surface area contributed by atoms with Gasteiger partial charge in [-0.25, -0.2) is 8.42 Å². The lowest BCUT2D eigenvalue weighted by molar-refractivity contribution is 0.203. The number of rotatable bonds is 5. The Kier molecular flexibility index (Phi) is 5.63. The fraction of sp³-hybridized carbons (Fsp3) is 0.231. The topological polar surface area (TPSA) is 37.4 Å². The highest BCUT2D eigenvalue weighted by atomic mass is 32.2. The molecule has 1 aliphatic rings. The molecule has 0 aromatic heterocycles. The van der Waals surface area contributed by atoms with Gasteiger partial charge in [0.2, 0.25) is 0 Å². The Bertz CT molecular complexity index is 1110. The largest absolute Gasteiger partial charge is 0.284 e. The van der Waals surface area contributed by atoms with Crippen LogP contribution in [0.5, 0.6) is 0 Å². The molecule has 3 nitrogen and oxygen atoms in total. The third-order valence-corrected chi connectivity index (χ3v) is 6.93. The molecule has 0 bridgehead atoms. The summed E-state index contributed by atoms with van der Waals surface area (Å²) in [4.78, 5) is 2.82. The summed E-state index contributed by atoms with van der Waals surface area (Å²) in [5.74, 6) is 0. The minimum absolute atomic E-state index is 0.103. The monoisotopic (exact) mass is 417 g/mol. The lowest BCUT2D eigenvalue weighted by Crippen LogP contribution is -2.44. The van der Waals surface area contributed by atoms with Gasteiger partial charge in [0, 0.05) is 19.3 Å². The van der Waals surface area contributed by atoms with Crippen molar-refractivity contribution >= 4 is 14.7 Å². The van der Waals surface area contributed by atoms with Crippen molar-refractivity contribution < 1.29 is 8.42 Å². The first-order chi connectivity index (χ1) is 14.3. The van der Waals surface area contributed by atoms with Crippen molar-refractivity contribution in [2.24, 2.45) is 0 Å². The van der Waals surface area contributed by atoms with Gasteiger partial charge in [0.15, 0.2) is 9.84 Å². The van der Waals surface area contributed by atoms with E-state index in [0.717, 1.165) is 11.1 Å². The molecule has 1 aliphatic heterocycles. The number of benzene rings is 3. The first kappa shape index (κ1) is 20.6. The van der Waals surface area contributed by atoms with Gasteiger partial charge < -0.3 is 0 Å². The SMILES string of the molecule is Cc1ccc(C(c2ccc(C)cc2)N2CC(=C(c3ccccc3)S(C)(=O)=O)C2)cc1. The van der Waals surface area contributed by atoms with Crippen LogP contribution in [0.3, 0.4) is 0 Å². The van der Waals surface area contributed by atoms with Gasteiger partial charge in [-0.05, 0) is 36.1 Å². The summed E-state index contributed by atoms with van der Waals surface area (Å²) in [6.07, 6.45) is 1.31. The molecule has 3 aromatic rings. The van der Waals surface area contributed by atoms with E-state index in [-0.39, 0.29) is 6.04 Å². The number of hydrogen-bond acceptors (Lipinski definition) is 3. The molecule has 0 radical (unpaired) electrons. The van der Waals surface area contributed by atoms with E-state index in [1.807, 2.05) is 30.3 Å². The Morgan fingerprint density at radius 3 is 1.67 bits per heavy atom. The van der Waals surface area contributed by atoms with Crippen LogP contribution in [0.25, 0.3) is 4.91 Å². The van der Waals surface area contributed by atoms with Crippen molar-refractivity contribution in [1.82, 2.24) is 4.90 Å². The fourth-order valence-electron chi connectivity index (χ4n) is 4.15. The van der Waals surface area contributed by atoms with E-state index < -0.39 is 9.84 Å². The fourth-order valence-corrected chi connectivity index (χ4v) is 5.37. The average molecular weight is 418 g/mol. The van der Waals surface area contributed by atoms with Crippen molar-refractivity contribution in [3.05, 3.63) is 112 Å². The average Bonchev–Trinajstić information content (AvgIpc) is 2.68. The van der Waals surface area contributed by atoms with Gasteiger partial charge in [-0.2, -0.15) is 0 Å². The third kappa shape index (κ3) is 4.25. The third-order valence-electron chi connectivity index (χ3n) is 5.67. The predicted molar refractivity (Wildman–Crippen MR) is 124 cm³/mol. The molecule has 154 valence electrons. The number of sulfone groups is 1. The first-order valence-electron chi connectivity index (χ1n) is 10.2. The van der Waals surface area contributed by atoms with Crippen LogP contribution in [0.2, 0.25) is 0 Å². The minimum Gasteiger partial charge on any atom is -0.284 e. The molecule has 0 N–H and O–H groups in total. The highest BCUT2D eigenvalue weighted by Gasteiger charge is 2.34. The van der Waals surface area contributed by atoms with Gasteiger partial charge in [-0.1, -0.05) is 90.0 Å². The molecule has 30 heavy (non-hydrogen) atoms. The molecule has 3 aromatic carbocycles. The smallest absolute Gasteiger partial charge is 0.176 e. The molecule has 0 spiro atoms. The second-order valence-electron chi connectivity index (χ2n) is 8.20. The number of nitrogens with zero attached hydrogens (tertiary/aromatic N) is 1. The molecular weight excluding hydrogens is 390 g/mol. The molecule has 0 saturated carbocycles. The van der Waals surface area contributed by atoms with Gasteiger partial charge in [0.05, 0.1) is 10.9 Å². The Labute approximate surface area is 179 Å². The maximum atomic E-state index is 12.6. The maximum Gasteiger partial charge on any atom is 0.176 e. The number of likely N-dealkylation sites (tertiary alicyclic amines) is 1. The Balaban J connectivity index is 1.71. The lowest BCUT2D eigenvalue weighted by atomic mass is 9.91. The Hall–Kier alpha value is -2.69. The van der Waals surface area contributed by atoms with Crippen LogP contribution in [0, 0.1) is 13.8 Å². The normalized spacial score (nSPS) is 14.6. The molecule has 1 fully saturated rings.